The van der Waals surface area contributed by atoms with E-state index in [1.54, 1.807) is 0 Å². The van der Waals surface area contributed by atoms with Crippen molar-refractivity contribution in [3.63, 3.8) is 0 Å². The molecule has 0 spiro atoms. The summed E-state index contributed by atoms with van der Waals surface area (Å²) in [6, 6.07) is 6.89. The molecule has 2 nitrogen and oxygen atoms in total. The largest absolute Gasteiger partial charge is 0.477 e. The van der Waals surface area contributed by atoms with Gasteiger partial charge >= 0.3 is 5.97 Å². The molecule has 0 atom stereocenters. The predicted molar refractivity (Wildman–Crippen MR) is 58.7 cm³/mol. The Kier molecular flexibility index (Phi) is 3.06. The summed E-state index contributed by atoms with van der Waals surface area (Å²) in [4.78, 5) is 10.6. The van der Waals surface area contributed by atoms with E-state index < -0.39 is 29.0 Å². The Morgan fingerprint density at radius 2 is 1.56 bits per heavy atom. The second-order valence-corrected chi connectivity index (χ2v) is 3.63. The first-order valence-corrected chi connectivity index (χ1v) is 4.97. The Morgan fingerprint density at radius 1 is 0.944 bits per heavy atom. The van der Waals surface area contributed by atoms with Crippen LogP contribution in [0.3, 0.4) is 0 Å². The van der Waals surface area contributed by atoms with Gasteiger partial charge in [-0.15, -0.1) is 0 Å². The zero-order valence-electron chi connectivity index (χ0n) is 8.95. The van der Waals surface area contributed by atoms with Crippen LogP contribution in [0.2, 0.25) is 0 Å². The van der Waals surface area contributed by atoms with Gasteiger partial charge in [-0.05, 0) is 35.4 Å². The molecule has 0 saturated carbocycles. The smallest absolute Gasteiger partial charge is 0.341 e. The van der Waals surface area contributed by atoms with E-state index in [0.717, 1.165) is 18.2 Å². The van der Waals surface area contributed by atoms with Gasteiger partial charge in [0, 0.05) is 0 Å². The molecule has 0 unspecified atom stereocenters. The standard InChI is InChI=1S/C13H7F3O2/c14-9-3-1-2-7(4-9)8-5-10(15)12(13(17)18)11(16)6-8/h1-6H,(H,17,18). The average molecular weight is 252 g/mol. The topological polar surface area (TPSA) is 37.3 Å². The van der Waals surface area contributed by atoms with Gasteiger partial charge in [-0.25, -0.2) is 18.0 Å². The molecule has 2 rings (SSSR count). The summed E-state index contributed by atoms with van der Waals surface area (Å²) in [5.74, 6) is -4.62. The normalized spacial score (nSPS) is 10.4. The van der Waals surface area contributed by atoms with Crippen molar-refractivity contribution < 1.29 is 23.1 Å². The minimum Gasteiger partial charge on any atom is -0.477 e. The Hall–Kier alpha value is -2.30. The van der Waals surface area contributed by atoms with Crippen LogP contribution in [0.1, 0.15) is 10.4 Å². The van der Waals surface area contributed by atoms with Gasteiger partial charge in [0.1, 0.15) is 23.0 Å². The number of halogens is 3. The summed E-state index contributed by atoms with van der Waals surface area (Å²) < 4.78 is 39.8. The lowest BCUT2D eigenvalue weighted by atomic mass is 10.0. The number of hydrogen-bond acceptors (Lipinski definition) is 1. The molecule has 0 fully saturated rings. The monoisotopic (exact) mass is 252 g/mol. The molecule has 0 bridgehead atoms. The predicted octanol–water partition coefficient (Wildman–Crippen LogP) is 3.47. The van der Waals surface area contributed by atoms with Crippen LogP contribution in [0.5, 0.6) is 0 Å². The van der Waals surface area contributed by atoms with Gasteiger partial charge in [0.2, 0.25) is 0 Å². The molecule has 0 amide bonds. The number of rotatable bonds is 2. The van der Waals surface area contributed by atoms with Crippen LogP contribution >= 0.6 is 0 Å². The van der Waals surface area contributed by atoms with Crippen LogP contribution in [-0.2, 0) is 0 Å². The van der Waals surface area contributed by atoms with E-state index in [9.17, 15) is 18.0 Å². The molecule has 2 aromatic carbocycles. The molecule has 18 heavy (non-hydrogen) atoms. The summed E-state index contributed by atoms with van der Waals surface area (Å²) in [5.41, 5.74) is -0.672. The lowest BCUT2D eigenvalue weighted by Crippen LogP contribution is -2.04. The van der Waals surface area contributed by atoms with Gasteiger partial charge in [0.15, 0.2) is 0 Å². The van der Waals surface area contributed by atoms with Crippen LogP contribution in [0.15, 0.2) is 36.4 Å². The molecule has 0 radical (unpaired) electrons. The van der Waals surface area contributed by atoms with E-state index in [1.807, 2.05) is 0 Å². The van der Waals surface area contributed by atoms with E-state index in [2.05, 4.69) is 0 Å². The highest BCUT2D eigenvalue weighted by atomic mass is 19.1. The molecule has 0 aliphatic carbocycles. The summed E-state index contributed by atoms with van der Waals surface area (Å²) in [6.45, 7) is 0. The SMILES string of the molecule is O=C(O)c1c(F)cc(-c2cccc(F)c2)cc1F. The molecule has 0 aliphatic heterocycles. The third kappa shape index (κ3) is 2.20. The number of aromatic carboxylic acids is 1. The highest BCUT2D eigenvalue weighted by molar-refractivity contribution is 5.89. The first-order chi connectivity index (χ1) is 8.49. The van der Waals surface area contributed by atoms with Crippen molar-refractivity contribution in [2.45, 2.75) is 0 Å². The van der Waals surface area contributed by atoms with Gasteiger partial charge in [-0.2, -0.15) is 0 Å². The van der Waals surface area contributed by atoms with E-state index in [4.69, 9.17) is 5.11 Å². The Morgan fingerprint density at radius 3 is 2.06 bits per heavy atom. The van der Waals surface area contributed by atoms with Crippen molar-refractivity contribution in [3.8, 4) is 11.1 Å². The maximum atomic E-state index is 13.4. The number of hydrogen-bond donors (Lipinski definition) is 1. The van der Waals surface area contributed by atoms with Crippen LogP contribution in [0.25, 0.3) is 11.1 Å². The molecule has 0 aliphatic rings. The zero-order valence-corrected chi connectivity index (χ0v) is 8.95. The fourth-order valence-corrected chi connectivity index (χ4v) is 1.61. The van der Waals surface area contributed by atoms with Crippen molar-refractivity contribution >= 4 is 5.97 Å². The molecular formula is C13H7F3O2. The number of benzene rings is 2. The Balaban J connectivity index is 2.58. The van der Waals surface area contributed by atoms with Crippen LogP contribution in [0, 0.1) is 17.5 Å². The number of carboxylic acids is 1. The average Bonchev–Trinajstić information content (AvgIpc) is 2.27. The molecule has 92 valence electrons. The third-order valence-corrected chi connectivity index (χ3v) is 2.41. The lowest BCUT2D eigenvalue weighted by molar-refractivity contribution is 0.0686. The second kappa shape index (κ2) is 4.52. The van der Waals surface area contributed by atoms with Gasteiger partial charge in [-0.3, -0.25) is 0 Å². The van der Waals surface area contributed by atoms with Gasteiger partial charge < -0.3 is 5.11 Å². The number of carbonyl (C=O) groups is 1. The maximum absolute atomic E-state index is 13.4. The minimum absolute atomic E-state index is 0.0782. The zero-order chi connectivity index (χ0) is 13.3. The van der Waals surface area contributed by atoms with Crippen molar-refractivity contribution in [2.24, 2.45) is 0 Å². The second-order valence-electron chi connectivity index (χ2n) is 3.63. The summed E-state index contributed by atoms with van der Waals surface area (Å²) in [6.07, 6.45) is 0. The highest BCUT2D eigenvalue weighted by Crippen LogP contribution is 2.25. The summed E-state index contributed by atoms with van der Waals surface area (Å²) in [5, 5.41) is 8.61. The van der Waals surface area contributed by atoms with Crippen molar-refractivity contribution in [3.05, 3.63) is 59.4 Å². The summed E-state index contributed by atoms with van der Waals surface area (Å²) >= 11 is 0. The van der Waals surface area contributed by atoms with Crippen LogP contribution in [0.4, 0.5) is 13.2 Å². The van der Waals surface area contributed by atoms with Gasteiger partial charge in [0.05, 0.1) is 0 Å². The quantitative estimate of drug-likeness (QED) is 0.888. The van der Waals surface area contributed by atoms with Crippen molar-refractivity contribution in [1.82, 2.24) is 0 Å². The van der Waals surface area contributed by atoms with E-state index in [1.165, 1.54) is 18.2 Å². The molecule has 2 aromatic rings. The first kappa shape index (κ1) is 12.2. The Bertz CT molecular complexity index is 600. The molecular weight excluding hydrogens is 245 g/mol. The van der Waals surface area contributed by atoms with Crippen molar-refractivity contribution in [1.29, 1.82) is 0 Å². The van der Waals surface area contributed by atoms with Gasteiger partial charge in [-0.1, -0.05) is 12.1 Å². The fourth-order valence-electron chi connectivity index (χ4n) is 1.61. The van der Waals surface area contributed by atoms with Crippen molar-refractivity contribution in [2.75, 3.05) is 0 Å². The van der Waals surface area contributed by atoms with E-state index in [0.29, 0.717) is 0 Å². The van der Waals surface area contributed by atoms with Crippen LogP contribution in [-0.4, -0.2) is 11.1 Å². The fraction of sp³-hybridized carbons (Fsp3) is 0. The lowest BCUT2D eigenvalue weighted by Gasteiger charge is -2.05. The maximum Gasteiger partial charge on any atom is 0.341 e. The van der Waals surface area contributed by atoms with Gasteiger partial charge in [0.25, 0.3) is 0 Å². The number of carboxylic acid groups (broad SMARTS) is 1. The minimum atomic E-state index is -1.68. The third-order valence-electron chi connectivity index (χ3n) is 2.41. The molecule has 0 aromatic heterocycles. The highest BCUT2D eigenvalue weighted by Gasteiger charge is 2.18. The van der Waals surface area contributed by atoms with E-state index in [-0.39, 0.29) is 11.1 Å². The summed E-state index contributed by atoms with van der Waals surface area (Å²) in [7, 11) is 0. The van der Waals surface area contributed by atoms with E-state index >= 15 is 0 Å². The Labute approximate surface area is 100 Å². The molecule has 0 heterocycles. The molecule has 5 heteroatoms. The van der Waals surface area contributed by atoms with Crippen LogP contribution < -0.4 is 0 Å². The molecule has 0 saturated heterocycles. The first-order valence-electron chi connectivity index (χ1n) is 4.97. The molecule has 1 N–H and O–H groups in total.